The van der Waals surface area contributed by atoms with Crippen molar-refractivity contribution in [3.8, 4) is 5.75 Å². The molecule has 0 aliphatic carbocycles. The van der Waals surface area contributed by atoms with Crippen molar-refractivity contribution in [2.45, 2.75) is 30.4 Å². The summed E-state index contributed by atoms with van der Waals surface area (Å²) in [5.41, 5.74) is 3.31. The first-order chi connectivity index (χ1) is 15.6. The molecule has 0 radical (unpaired) electrons. The summed E-state index contributed by atoms with van der Waals surface area (Å²) in [5.74, 6) is 0.629. The van der Waals surface area contributed by atoms with Crippen molar-refractivity contribution < 1.29 is 9.53 Å². The molecule has 1 amide bonds. The van der Waals surface area contributed by atoms with Gasteiger partial charge in [0.15, 0.2) is 6.10 Å². The lowest BCUT2D eigenvalue weighted by Crippen LogP contribution is -2.70. The van der Waals surface area contributed by atoms with Crippen LogP contribution in [0.4, 0.5) is 5.69 Å². The molecule has 0 spiro atoms. The molecule has 32 heavy (non-hydrogen) atoms. The van der Waals surface area contributed by atoms with Crippen molar-refractivity contribution in [1.82, 2.24) is 5.32 Å². The minimum atomic E-state index is -0.524. The van der Waals surface area contributed by atoms with E-state index in [4.69, 9.17) is 16.3 Å². The maximum atomic E-state index is 13.1. The molecule has 166 valence electrons. The molecule has 3 aromatic carbocycles. The number of carbonyl (C=O) groups excluding carboxylic acids is 1. The molecule has 4 rings (SSSR count). The van der Waals surface area contributed by atoms with Gasteiger partial charge in [-0.3, -0.25) is 4.79 Å². The van der Waals surface area contributed by atoms with E-state index < -0.39 is 6.10 Å². The number of rotatable bonds is 9. The molecule has 6 heteroatoms. The number of thioether (sulfide) groups is 1. The van der Waals surface area contributed by atoms with Crippen molar-refractivity contribution in [2.24, 2.45) is 0 Å². The van der Waals surface area contributed by atoms with Crippen LogP contribution >= 0.6 is 23.4 Å². The highest BCUT2D eigenvalue weighted by molar-refractivity contribution is 7.98. The largest absolute Gasteiger partial charge is 0.478 e. The Bertz CT molecular complexity index is 1060. The summed E-state index contributed by atoms with van der Waals surface area (Å²) in [6.45, 7) is 3.51. The first-order valence-corrected chi connectivity index (χ1v) is 12.3. The normalized spacial score (nSPS) is 17.8. The Morgan fingerprint density at radius 1 is 1.03 bits per heavy atom. The molecule has 0 unspecified atom stereocenters. The lowest BCUT2D eigenvalue weighted by molar-refractivity contribution is -0.134. The number of nitrogens with one attached hydrogen (secondary N) is 1. The number of benzene rings is 3. The zero-order valence-corrected chi connectivity index (χ0v) is 19.8. The highest BCUT2D eigenvalue weighted by Gasteiger charge is 2.50. The van der Waals surface area contributed by atoms with Crippen LogP contribution in [0.25, 0.3) is 0 Å². The zero-order valence-electron chi connectivity index (χ0n) is 18.3. The van der Waals surface area contributed by atoms with Gasteiger partial charge >= 0.3 is 0 Å². The maximum Gasteiger partial charge on any atom is 0.270 e. The number of β-lactam (4-membered cyclic amide) rings is 1. The quantitative estimate of drug-likeness (QED) is 0.261. The van der Waals surface area contributed by atoms with Crippen LogP contribution in [0.5, 0.6) is 5.75 Å². The molecule has 1 N–H and O–H groups in total. The van der Waals surface area contributed by atoms with E-state index in [1.165, 1.54) is 10.5 Å². The monoisotopic (exact) mass is 466 g/mol. The predicted molar refractivity (Wildman–Crippen MR) is 133 cm³/mol. The van der Waals surface area contributed by atoms with Crippen molar-refractivity contribution in [2.75, 3.05) is 24.2 Å². The van der Waals surface area contributed by atoms with Gasteiger partial charge in [0.05, 0.1) is 6.04 Å². The minimum Gasteiger partial charge on any atom is -0.478 e. The Balaban J connectivity index is 1.42. The Hall–Kier alpha value is -2.47. The lowest BCUT2D eigenvalue weighted by Gasteiger charge is -2.47. The summed E-state index contributed by atoms with van der Waals surface area (Å²) in [4.78, 5) is 16.2. The molecule has 1 fully saturated rings. The standard InChI is InChI=1S/C26H27ClN2O2S/c1-18-5-3-4-6-23(18)29-24(17-28-16-15-19-7-13-22(32-2)14-8-19)25(26(29)30)31-21-11-9-20(27)10-12-21/h3-14,24-25,28H,15-17H2,1-2H3/t24-,25+/m0/s1. The number of amides is 1. The summed E-state index contributed by atoms with van der Waals surface area (Å²) in [6, 6.07) is 23.7. The van der Waals surface area contributed by atoms with Crippen LogP contribution in [0.3, 0.4) is 0 Å². The lowest BCUT2D eigenvalue weighted by atomic mass is 9.95. The molecule has 1 saturated heterocycles. The third-order valence-electron chi connectivity index (χ3n) is 5.72. The molecule has 1 heterocycles. The van der Waals surface area contributed by atoms with E-state index in [1.807, 2.05) is 36.1 Å². The minimum absolute atomic E-state index is 0.0197. The van der Waals surface area contributed by atoms with Crippen LogP contribution in [0.1, 0.15) is 11.1 Å². The predicted octanol–water partition coefficient (Wildman–Crippen LogP) is 5.37. The number of nitrogens with zero attached hydrogens (tertiary/aromatic N) is 1. The van der Waals surface area contributed by atoms with Gasteiger partial charge < -0.3 is 15.0 Å². The van der Waals surface area contributed by atoms with Crippen molar-refractivity contribution in [3.63, 3.8) is 0 Å². The van der Waals surface area contributed by atoms with Crippen molar-refractivity contribution >= 4 is 35.0 Å². The fourth-order valence-electron chi connectivity index (χ4n) is 3.91. The van der Waals surface area contributed by atoms with Crippen molar-refractivity contribution in [1.29, 1.82) is 0 Å². The number of anilines is 1. The van der Waals surface area contributed by atoms with Crippen LogP contribution in [0, 0.1) is 6.92 Å². The second kappa shape index (κ2) is 10.4. The Morgan fingerprint density at radius 2 is 1.75 bits per heavy atom. The summed E-state index contributed by atoms with van der Waals surface area (Å²) < 4.78 is 6.07. The van der Waals surface area contributed by atoms with Gasteiger partial charge in [-0.25, -0.2) is 0 Å². The van der Waals surface area contributed by atoms with Crippen LogP contribution in [-0.2, 0) is 11.2 Å². The molecule has 1 aliphatic heterocycles. The summed E-state index contributed by atoms with van der Waals surface area (Å²) in [5, 5.41) is 4.17. The van der Waals surface area contributed by atoms with Gasteiger partial charge in [0.25, 0.3) is 5.91 Å². The van der Waals surface area contributed by atoms with Crippen LogP contribution in [0.2, 0.25) is 5.02 Å². The number of hydrogen-bond acceptors (Lipinski definition) is 4. The van der Waals surface area contributed by atoms with Gasteiger partial charge in [0, 0.05) is 22.2 Å². The van der Waals surface area contributed by atoms with Gasteiger partial charge in [-0.1, -0.05) is 41.9 Å². The second-order valence-corrected chi connectivity index (χ2v) is 9.17. The average molecular weight is 467 g/mol. The van der Waals surface area contributed by atoms with Gasteiger partial charge in [0.1, 0.15) is 5.75 Å². The number of ether oxygens (including phenoxy) is 1. The van der Waals surface area contributed by atoms with E-state index in [0.717, 1.165) is 24.2 Å². The number of para-hydroxylation sites is 1. The van der Waals surface area contributed by atoms with Crippen LogP contribution in [0.15, 0.2) is 77.7 Å². The highest BCUT2D eigenvalue weighted by Crippen LogP contribution is 2.33. The molecule has 1 aliphatic rings. The summed E-state index contributed by atoms with van der Waals surface area (Å²) in [6.07, 6.45) is 2.49. The SMILES string of the molecule is CSc1ccc(CCNC[C@H]2[C@@H](Oc3ccc(Cl)cc3)C(=O)N2c2ccccc2C)cc1. The van der Waals surface area contributed by atoms with Gasteiger partial charge in [-0.2, -0.15) is 0 Å². The number of halogens is 1. The first-order valence-electron chi connectivity index (χ1n) is 10.7. The third kappa shape index (κ3) is 5.12. The Morgan fingerprint density at radius 3 is 2.44 bits per heavy atom. The van der Waals surface area contributed by atoms with E-state index in [2.05, 4.69) is 35.8 Å². The zero-order chi connectivity index (χ0) is 22.5. The summed E-state index contributed by atoms with van der Waals surface area (Å²) >= 11 is 7.73. The highest BCUT2D eigenvalue weighted by atomic mass is 35.5. The smallest absolute Gasteiger partial charge is 0.270 e. The van der Waals surface area contributed by atoms with E-state index in [-0.39, 0.29) is 11.9 Å². The molecule has 0 bridgehead atoms. The van der Waals surface area contributed by atoms with Crippen LogP contribution in [-0.4, -0.2) is 37.4 Å². The average Bonchev–Trinajstić information content (AvgIpc) is 2.82. The van der Waals surface area contributed by atoms with Gasteiger partial charge in [-0.15, -0.1) is 11.8 Å². The molecule has 4 nitrogen and oxygen atoms in total. The van der Waals surface area contributed by atoms with E-state index in [1.54, 1.807) is 36.0 Å². The molecular formula is C26H27ClN2O2S. The third-order valence-corrected chi connectivity index (χ3v) is 6.71. The molecule has 0 aromatic heterocycles. The Labute approximate surface area is 198 Å². The fraction of sp³-hybridized carbons (Fsp3) is 0.269. The molecule has 0 saturated carbocycles. The second-order valence-electron chi connectivity index (χ2n) is 7.86. The van der Waals surface area contributed by atoms with Gasteiger partial charge in [-0.05, 0) is 79.7 Å². The first kappa shape index (κ1) is 22.7. The summed E-state index contributed by atoms with van der Waals surface area (Å²) in [7, 11) is 0. The van der Waals surface area contributed by atoms with E-state index in [0.29, 0.717) is 17.3 Å². The Kier molecular flexibility index (Phi) is 7.40. The fourth-order valence-corrected chi connectivity index (χ4v) is 4.45. The van der Waals surface area contributed by atoms with Gasteiger partial charge in [0.2, 0.25) is 0 Å². The number of aryl methyl sites for hydroxylation is 1. The number of carbonyl (C=O) groups is 1. The van der Waals surface area contributed by atoms with E-state index >= 15 is 0 Å². The van der Waals surface area contributed by atoms with Crippen molar-refractivity contribution in [3.05, 3.63) is 88.9 Å². The molecule has 3 aromatic rings. The van der Waals surface area contributed by atoms with Crippen LogP contribution < -0.4 is 15.0 Å². The van der Waals surface area contributed by atoms with E-state index in [9.17, 15) is 4.79 Å². The molecular weight excluding hydrogens is 440 g/mol. The topological polar surface area (TPSA) is 41.6 Å². The maximum absolute atomic E-state index is 13.1. The molecule has 2 atom stereocenters. The number of hydrogen-bond donors (Lipinski definition) is 1.